The first kappa shape index (κ1) is 20.8. The molecule has 4 N–H and O–H groups in total. The molecule has 0 atom stereocenters. The van der Waals surface area contributed by atoms with E-state index in [4.69, 9.17) is 5.14 Å². The highest BCUT2D eigenvalue weighted by Gasteiger charge is 2.09. The van der Waals surface area contributed by atoms with Gasteiger partial charge in [0.1, 0.15) is 5.82 Å². The van der Waals surface area contributed by atoms with Crippen molar-refractivity contribution in [3.05, 3.63) is 60.4 Å². The molecule has 0 amide bonds. The number of aromatic nitrogens is 4. The average molecular weight is 438 g/mol. The number of primary sulfonamides is 1. The van der Waals surface area contributed by atoms with Gasteiger partial charge >= 0.3 is 0 Å². The van der Waals surface area contributed by atoms with Crippen molar-refractivity contribution in [1.82, 2.24) is 19.7 Å². The first-order valence-corrected chi connectivity index (χ1v) is 11.3. The zero-order valence-corrected chi connectivity index (χ0v) is 18.0. The Morgan fingerprint density at radius 1 is 1.03 bits per heavy atom. The summed E-state index contributed by atoms with van der Waals surface area (Å²) in [5, 5.41) is 17.1. The summed E-state index contributed by atoms with van der Waals surface area (Å²) in [6, 6.07) is 12.1. The minimum absolute atomic E-state index is 0.0444. The fourth-order valence-corrected chi connectivity index (χ4v) is 3.68. The van der Waals surface area contributed by atoms with Gasteiger partial charge in [-0.15, -0.1) is 0 Å². The molecular weight excluding hydrogens is 414 g/mol. The van der Waals surface area contributed by atoms with Gasteiger partial charge in [-0.3, -0.25) is 4.68 Å². The maximum absolute atomic E-state index is 11.4. The molecule has 31 heavy (non-hydrogen) atoms. The fourth-order valence-electron chi connectivity index (χ4n) is 3.16. The lowest BCUT2D eigenvalue weighted by atomic mass is 10.2. The number of nitrogens with two attached hydrogens (primary N) is 1. The van der Waals surface area contributed by atoms with E-state index in [-0.39, 0.29) is 4.90 Å². The summed E-state index contributed by atoms with van der Waals surface area (Å²) in [6.07, 6.45) is 4.59. The molecule has 0 saturated heterocycles. The molecule has 0 aliphatic rings. The smallest absolute Gasteiger partial charge is 0.238 e. The Labute approximate surface area is 180 Å². The van der Waals surface area contributed by atoms with Crippen molar-refractivity contribution in [1.29, 1.82) is 0 Å². The predicted molar refractivity (Wildman–Crippen MR) is 121 cm³/mol. The van der Waals surface area contributed by atoms with E-state index >= 15 is 0 Å². The second kappa shape index (κ2) is 8.32. The monoisotopic (exact) mass is 437 g/mol. The van der Waals surface area contributed by atoms with E-state index in [1.165, 1.54) is 12.1 Å². The van der Waals surface area contributed by atoms with Crippen LogP contribution in [0.1, 0.15) is 18.9 Å². The highest BCUT2D eigenvalue weighted by molar-refractivity contribution is 7.89. The van der Waals surface area contributed by atoms with Crippen molar-refractivity contribution in [2.24, 2.45) is 5.14 Å². The van der Waals surface area contributed by atoms with Crippen LogP contribution in [-0.4, -0.2) is 28.2 Å². The topological polar surface area (TPSA) is 128 Å². The number of fused-ring (bicyclic) bond motifs is 1. The Hall–Kier alpha value is -3.50. The van der Waals surface area contributed by atoms with Crippen LogP contribution in [0.5, 0.6) is 0 Å². The largest absolute Gasteiger partial charge is 0.340 e. The van der Waals surface area contributed by atoms with Gasteiger partial charge in [-0.05, 0) is 55.8 Å². The van der Waals surface area contributed by atoms with Crippen LogP contribution in [0, 0.1) is 6.92 Å². The predicted octanol–water partition coefficient (Wildman–Crippen LogP) is 3.68. The molecule has 4 rings (SSSR count). The Bertz CT molecular complexity index is 1330. The van der Waals surface area contributed by atoms with Crippen molar-refractivity contribution in [3.8, 4) is 0 Å². The van der Waals surface area contributed by atoms with Crippen LogP contribution in [-0.2, 0) is 16.6 Å². The zero-order chi connectivity index (χ0) is 22.0. The standard InChI is InChI=1S/C21H23N7O2S/c1-3-10-28-19-11-17(5-4-15(19)13-24-28)25-20-14(2)12-23-21(27-20)26-16-6-8-18(9-7-16)31(22,29)30/h4-9,11-13H,3,10H2,1-2H3,(H2,22,29,30)(H2,23,25,26,27). The Kier molecular flexibility index (Phi) is 5.57. The Morgan fingerprint density at radius 3 is 2.48 bits per heavy atom. The number of nitrogens with one attached hydrogen (secondary N) is 2. The van der Waals surface area contributed by atoms with Gasteiger partial charge in [-0.1, -0.05) is 6.92 Å². The van der Waals surface area contributed by atoms with Crippen LogP contribution in [0.15, 0.2) is 59.8 Å². The van der Waals surface area contributed by atoms with Crippen LogP contribution in [0.2, 0.25) is 0 Å². The number of hydrogen-bond acceptors (Lipinski definition) is 7. The normalized spacial score (nSPS) is 11.6. The second-order valence-electron chi connectivity index (χ2n) is 7.19. The van der Waals surface area contributed by atoms with Crippen LogP contribution in [0.25, 0.3) is 10.9 Å². The quantitative estimate of drug-likeness (QED) is 0.402. The summed E-state index contributed by atoms with van der Waals surface area (Å²) in [5.41, 5.74) is 3.49. The highest BCUT2D eigenvalue weighted by Crippen LogP contribution is 2.25. The molecule has 4 aromatic rings. The number of anilines is 4. The zero-order valence-electron chi connectivity index (χ0n) is 17.2. The van der Waals surface area contributed by atoms with Gasteiger partial charge < -0.3 is 10.6 Å². The summed E-state index contributed by atoms with van der Waals surface area (Å²) in [6.45, 7) is 4.90. The van der Waals surface area contributed by atoms with E-state index in [1.54, 1.807) is 18.3 Å². The molecule has 2 aromatic carbocycles. The van der Waals surface area contributed by atoms with Gasteiger partial charge in [0.05, 0.1) is 16.6 Å². The average Bonchev–Trinajstić information content (AvgIpc) is 3.13. The minimum atomic E-state index is -3.73. The molecule has 0 radical (unpaired) electrons. The SMILES string of the molecule is CCCn1ncc2ccc(Nc3nc(Nc4ccc(S(N)(=O)=O)cc4)ncc3C)cc21. The summed E-state index contributed by atoms with van der Waals surface area (Å²) in [7, 11) is -3.73. The highest BCUT2D eigenvalue weighted by atomic mass is 32.2. The van der Waals surface area contributed by atoms with E-state index < -0.39 is 10.0 Å². The van der Waals surface area contributed by atoms with Crippen molar-refractivity contribution in [2.75, 3.05) is 10.6 Å². The third-order valence-electron chi connectivity index (χ3n) is 4.75. The van der Waals surface area contributed by atoms with E-state index in [9.17, 15) is 8.42 Å². The summed E-state index contributed by atoms with van der Waals surface area (Å²) in [5.74, 6) is 1.05. The molecule has 2 aromatic heterocycles. The van der Waals surface area contributed by atoms with Gasteiger partial charge in [0.25, 0.3) is 0 Å². The molecule has 0 bridgehead atoms. The summed E-state index contributed by atoms with van der Waals surface area (Å²) in [4.78, 5) is 8.91. The van der Waals surface area contributed by atoms with Gasteiger partial charge in [0.2, 0.25) is 16.0 Å². The molecular formula is C21H23N7O2S. The fraction of sp³-hybridized carbons (Fsp3) is 0.190. The molecule has 10 heteroatoms. The second-order valence-corrected chi connectivity index (χ2v) is 8.75. The van der Waals surface area contributed by atoms with E-state index in [2.05, 4.69) is 38.7 Å². The van der Waals surface area contributed by atoms with Gasteiger partial charge in [0.15, 0.2) is 0 Å². The van der Waals surface area contributed by atoms with Crippen molar-refractivity contribution >= 4 is 44.1 Å². The lowest BCUT2D eigenvalue weighted by molar-refractivity contribution is 0.598. The molecule has 0 saturated carbocycles. The van der Waals surface area contributed by atoms with Crippen LogP contribution < -0.4 is 15.8 Å². The van der Waals surface area contributed by atoms with E-state index in [0.29, 0.717) is 17.5 Å². The molecule has 0 unspecified atom stereocenters. The molecule has 0 spiro atoms. The van der Waals surface area contributed by atoms with Gasteiger partial charge in [-0.2, -0.15) is 10.1 Å². The summed E-state index contributed by atoms with van der Waals surface area (Å²) >= 11 is 0. The van der Waals surface area contributed by atoms with Gasteiger partial charge in [0, 0.05) is 35.1 Å². The van der Waals surface area contributed by atoms with Gasteiger partial charge in [-0.25, -0.2) is 18.5 Å². The first-order valence-electron chi connectivity index (χ1n) is 9.79. The maximum atomic E-state index is 11.4. The molecule has 0 fully saturated rings. The number of sulfonamides is 1. The third-order valence-corrected chi connectivity index (χ3v) is 5.68. The molecule has 2 heterocycles. The Morgan fingerprint density at radius 2 is 1.77 bits per heavy atom. The molecule has 9 nitrogen and oxygen atoms in total. The van der Waals surface area contributed by atoms with Crippen molar-refractivity contribution in [2.45, 2.75) is 31.7 Å². The first-order chi connectivity index (χ1) is 14.8. The van der Waals surface area contributed by atoms with E-state index in [0.717, 1.165) is 35.1 Å². The lowest BCUT2D eigenvalue weighted by Crippen LogP contribution is -2.11. The molecule has 0 aliphatic carbocycles. The maximum Gasteiger partial charge on any atom is 0.238 e. The number of benzene rings is 2. The van der Waals surface area contributed by atoms with Crippen LogP contribution in [0.4, 0.5) is 23.1 Å². The minimum Gasteiger partial charge on any atom is -0.340 e. The van der Waals surface area contributed by atoms with Crippen LogP contribution in [0.3, 0.4) is 0 Å². The Balaban J connectivity index is 1.57. The number of rotatable bonds is 7. The lowest BCUT2D eigenvalue weighted by Gasteiger charge is -2.12. The van der Waals surface area contributed by atoms with E-state index in [1.807, 2.05) is 29.9 Å². The van der Waals surface area contributed by atoms with Crippen LogP contribution >= 0.6 is 0 Å². The number of aryl methyl sites for hydroxylation is 2. The molecule has 160 valence electrons. The van der Waals surface area contributed by atoms with Crippen molar-refractivity contribution < 1.29 is 8.42 Å². The number of nitrogens with zero attached hydrogens (tertiary/aromatic N) is 4. The molecule has 0 aliphatic heterocycles. The van der Waals surface area contributed by atoms with Crippen molar-refractivity contribution in [3.63, 3.8) is 0 Å². The summed E-state index contributed by atoms with van der Waals surface area (Å²) < 4.78 is 24.8. The third kappa shape index (κ3) is 4.65. The number of hydrogen-bond donors (Lipinski definition) is 3.